The van der Waals surface area contributed by atoms with E-state index in [1.54, 1.807) is 0 Å². The lowest BCUT2D eigenvalue weighted by molar-refractivity contribution is -0.251. The van der Waals surface area contributed by atoms with Crippen molar-refractivity contribution in [2.45, 2.75) is 46.3 Å². The van der Waals surface area contributed by atoms with E-state index in [1.165, 1.54) is 19.3 Å². The van der Waals surface area contributed by atoms with Crippen LogP contribution in [0.25, 0.3) is 0 Å². The largest absolute Gasteiger partial charge is 0.378 e. The molecule has 1 N–H and O–H groups in total. The highest BCUT2D eigenvalue weighted by molar-refractivity contribution is 5.11. The van der Waals surface area contributed by atoms with Crippen LogP contribution in [0.5, 0.6) is 0 Å². The first-order valence-corrected chi connectivity index (χ1v) is 5.77. The van der Waals surface area contributed by atoms with Crippen LogP contribution in [0.3, 0.4) is 0 Å². The van der Waals surface area contributed by atoms with Gasteiger partial charge in [-0.05, 0) is 30.1 Å². The number of hydrogen-bond acceptors (Lipinski definition) is 2. The van der Waals surface area contributed by atoms with Crippen molar-refractivity contribution in [2.24, 2.45) is 16.2 Å². The van der Waals surface area contributed by atoms with Crippen LogP contribution in [0.15, 0.2) is 0 Å². The van der Waals surface area contributed by atoms with Gasteiger partial charge in [-0.25, -0.2) is 0 Å². The van der Waals surface area contributed by atoms with Crippen molar-refractivity contribution in [1.82, 2.24) is 4.90 Å². The summed E-state index contributed by atoms with van der Waals surface area (Å²) in [6.07, 6.45) is 3.61. The molecule has 3 unspecified atom stereocenters. The zero-order valence-corrected chi connectivity index (χ0v) is 9.51. The third kappa shape index (κ3) is 0.989. The van der Waals surface area contributed by atoms with E-state index in [2.05, 4.69) is 25.7 Å². The monoisotopic (exact) mass is 195 g/mol. The third-order valence-electron chi connectivity index (χ3n) is 4.65. The molecule has 3 aliphatic heterocycles. The van der Waals surface area contributed by atoms with Crippen molar-refractivity contribution in [1.29, 1.82) is 0 Å². The van der Waals surface area contributed by atoms with E-state index in [4.69, 9.17) is 0 Å². The van der Waals surface area contributed by atoms with Gasteiger partial charge in [0.25, 0.3) is 0 Å². The second-order valence-electron chi connectivity index (χ2n) is 7.08. The Labute approximate surface area is 86.3 Å². The maximum Gasteiger partial charge on any atom is 0.112 e. The van der Waals surface area contributed by atoms with Crippen LogP contribution in [0.1, 0.15) is 40.0 Å². The summed E-state index contributed by atoms with van der Waals surface area (Å²) in [7, 11) is 0. The van der Waals surface area contributed by atoms with Gasteiger partial charge in [0, 0.05) is 18.5 Å². The minimum atomic E-state index is -0.177. The molecule has 2 heteroatoms. The Bertz CT molecular complexity index is 270. The van der Waals surface area contributed by atoms with Gasteiger partial charge in [0.15, 0.2) is 0 Å². The Balaban J connectivity index is 2.06. The fraction of sp³-hybridized carbons (Fsp3) is 1.00. The smallest absolute Gasteiger partial charge is 0.112 e. The van der Waals surface area contributed by atoms with Crippen LogP contribution < -0.4 is 0 Å². The lowest BCUT2D eigenvalue weighted by Gasteiger charge is -2.67. The molecule has 0 aromatic rings. The van der Waals surface area contributed by atoms with Crippen molar-refractivity contribution in [3.05, 3.63) is 0 Å². The second-order valence-corrected chi connectivity index (χ2v) is 7.08. The van der Waals surface area contributed by atoms with E-state index in [1.807, 2.05) is 0 Å². The summed E-state index contributed by atoms with van der Waals surface area (Å²) in [6, 6.07) is 0. The summed E-state index contributed by atoms with van der Waals surface area (Å²) in [5.74, 6) is 0. The summed E-state index contributed by atoms with van der Waals surface area (Å²) in [4.78, 5) is 2.32. The zero-order chi connectivity index (χ0) is 10.2. The SMILES string of the molecule is CC12CN3CC(C)(C1)CC(C)(C2)C3O. The predicted molar refractivity (Wildman–Crippen MR) is 55.8 cm³/mol. The van der Waals surface area contributed by atoms with Gasteiger partial charge in [-0.1, -0.05) is 20.8 Å². The molecule has 0 aromatic carbocycles. The molecule has 3 atom stereocenters. The molecule has 1 aliphatic carbocycles. The molecule has 0 spiro atoms. The summed E-state index contributed by atoms with van der Waals surface area (Å²) in [5.41, 5.74) is 1.11. The van der Waals surface area contributed by atoms with Crippen molar-refractivity contribution in [3.8, 4) is 0 Å². The molecule has 4 aliphatic rings. The lowest BCUT2D eigenvalue weighted by atomic mass is 9.48. The zero-order valence-electron chi connectivity index (χ0n) is 9.51. The van der Waals surface area contributed by atoms with Crippen LogP contribution in [-0.2, 0) is 0 Å². The minimum Gasteiger partial charge on any atom is -0.378 e. The standard InChI is InChI=1S/C12H21NO/c1-10-4-11(2)6-12(3,5-10)9(14)13(7-10)8-11/h9,14H,4-8H2,1-3H3. The van der Waals surface area contributed by atoms with Gasteiger partial charge in [0.2, 0.25) is 0 Å². The molecule has 4 rings (SSSR count). The third-order valence-corrected chi connectivity index (χ3v) is 4.65. The average molecular weight is 195 g/mol. The summed E-state index contributed by atoms with van der Waals surface area (Å²) in [6.45, 7) is 9.30. The first-order chi connectivity index (χ1) is 6.34. The lowest BCUT2D eigenvalue weighted by Crippen LogP contribution is -2.69. The van der Waals surface area contributed by atoms with Crippen LogP contribution in [0, 0.1) is 16.2 Å². The molecule has 4 fully saturated rings. The van der Waals surface area contributed by atoms with Gasteiger partial charge < -0.3 is 5.11 Å². The maximum absolute atomic E-state index is 10.2. The van der Waals surface area contributed by atoms with Crippen LogP contribution in [0.2, 0.25) is 0 Å². The van der Waals surface area contributed by atoms with Gasteiger partial charge >= 0.3 is 0 Å². The van der Waals surface area contributed by atoms with Gasteiger partial charge in [-0.15, -0.1) is 0 Å². The fourth-order valence-electron chi connectivity index (χ4n) is 5.22. The Morgan fingerprint density at radius 1 is 1.00 bits per heavy atom. The Morgan fingerprint density at radius 3 is 1.93 bits per heavy atom. The van der Waals surface area contributed by atoms with E-state index in [0.717, 1.165) is 13.1 Å². The molecule has 0 radical (unpaired) electrons. The molecule has 14 heavy (non-hydrogen) atoms. The fourth-order valence-corrected chi connectivity index (χ4v) is 5.22. The van der Waals surface area contributed by atoms with Crippen molar-refractivity contribution in [2.75, 3.05) is 13.1 Å². The first kappa shape index (κ1) is 9.17. The number of aliphatic hydroxyl groups excluding tert-OH is 1. The van der Waals surface area contributed by atoms with Crippen molar-refractivity contribution in [3.63, 3.8) is 0 Å². The first-order valence-electron chi connectivity index (χ1n) is 5.77. The number of nitrogens with zero attached hydrogens (tertiary/aromatic N) is 1. The molecule has 1 saturated carbocycles. The number of rotatable bonds is 0. The quantitative estimate of drug-likeness (QED) is 0.637. The molecule has 0 aromatic heterocycles. The maximum atomic E-state index is 10.2. The average Bonchev–Trinajstić information content (AvgIpc) is 1.94. The molecular weight excluding hydrogens is 174 g/mol. The summed E-state index contributed by atoms with van der Waals surface area (Å²) < 4.78 is 0. The van der Waals surface area contributed by atoms with Crippen molar-refractivity contribution >= 4 is 0 Å². The number of aliphatic hydroxyl groups is 1. The van der Waals surface area contributed by atoms with E-state index in [-0.39, 0.29) is 11.6 Å². The molecule has 3 heterocycles. The second kappa shape index (κ2) is 2.19. The van der Waals surface area contributed by atoms with Crippen LogP contribution >= 0.6 is 0 Å². The van der Waals surface area contributed by atoms with E-state index in [9.17, 15) is 5.11 Å². The molecule has 3 saturated heterocycles. The van der Waals surface area contributed by atoms with Gasteiger partial charge in [0.1, 0.15) is 6.23 Å². The summed E-state index contributed by atoms with van der Waals surface area (Å²) in [5, 5.41) is 10.2. The highest BCUT2D eigenvalue weighted by Crippen LogP contribution is 2.63. The van der Waals surface area contributed by atoms with Gasteiger partial charge in [-0.3, -0.25) is 4.90 Å². The van der Waals surface area contributed by atoms with Crippen LogP contribution in [0.4, 0.5) is 0 Å². The Morgan fingerprint density at radius 2 is 1.50 bits per heavy atom. The highest BCUT2D eigenvalue weighted by Gasteiger charge is 2.61. The summed E-state index contributed by atoms with van der Waals surface area (Å²) >= 11 is 0. The minimum absolute atomic E-state index is 0.165. The van der Waals surface area contributed by atoms with Crippen molar-refractivity contribution < 1.29 is 5.11 Å². The van der Waals surface area contributed by atoms with E-state index < -0.39 is 0 Å². The predicted octanol–water partition coefficient (Wildman–Crippen LogP) is 1.84. The van der Waals surface area contributed by atoms with Gasteiger partial charge in [-0.2, -0.15) is 0 Å². The van der Waals surface area contributed by atoms with E-state index in [0.29, 0.717) is 10.8 Å². The highest BCUT2D eigenvalue weighted by atomic mass is 16.3. The topological polar surface area (TPSA) is 23.5 Å². The Hall–Kier alpha value is -0.0800. The molecular formula is C12H21NO. The molecule has 4 bridgehead atoms. The molecule has 0 amide bonds. The normalized spacial score (nSPS) is 66.0. The molecule has 2 nitrogen and oxygen atoms in total. The number of hydrogen-bond donors (Lipinski definition) is 1. The molecule has 80 valence electrons. The Kier molecular flexibility index (Phi) is 1.44. The van der Waals surface area contributed by atoms with Crippen LogP contribution in [-0.4, -0.2) is 29.3 Å². The number of piperidine rings is 3. The van der Waals surface area contributed by atoms with Gasteiger partial charge in [0.05, 0.1) is 0 Å². The van der Waals surface area contributed by atoms with E-state index >= 15 is 0 Å².